The van der Waals surface area contributed by atoms with Crippen molar-refractivity contribution in [1.29, 1.82) is 0 Å². The average Bonchev–Trinajstić information content (AvgIpc) is 3.33. The highest BCUT2D eigenvalue weighted by molar-refractivity contribution is 9.12. The number of Topliss-reactive ketones (excluding diaryl/α,β-unsaturated/α-hetero) is 1. The number of benzene rings is 1. The molecule has 0 unspecified atom stereocenters. The van der Waals surface area contributed by atoms with E-state index in [1.807, 2.05) is 0 Å². The van der Waals surface area contributed by atoms with Gasteiger partial charge in [-0.05, 0) is 37.3 Å². The molecule has 10 heteroatoms. The van der Waals surface area contributed by atoms with E-state index in [9.17, 15) is 24.0 Å². The maximum atomic E-state index is 12.8. The molecule has 1 N–H and O–H groups in total. The fourth-order valence-corrected chi connectivity index (χ4v) is 6.77. The van der Waals surface area contributed by atoms with Crippen LogP contribution in [0.3, 0.4) is 0 Å². The van der Waals surface area contributed by atoms with E-state index in [4.69, 9.17) is 4.74 Å². The molecule has 1 aromatic carbocycles. The van der Waals surface area contributed by atoms with Crippen molar-refractivity contribution < 1.29 is 28.7 Å². The van der Waals surface area contributed by atoms with Gasteiger partial charge in [0.05, 0.1) is 11.8 Å². The summed E-state index contributed by atoms with van der Waals surface area (Å²) in [6, 6.07) is 6.38. The Morgan fingerprint density at radius 3 is 2.29 bits per heavy atom. The molecule has 2 saturated carbocycles. The van der Waals surface area contributed by atoms with E-state index >= 15 is 0 Å². The number of nitrogens with zero attached hydrogens (tertiary/aromatic N) is 1. The Morgan fingerprint density at radius 2 is 1.71 bits per heavy atom. The predicted molar refractivity (Wildman–Crippen MR) is 117 cm³/mol. The van der Waals surface area contributed by atoms with Crippen LogP contribution in [0.2, 0.25) is 0 Å². The lowest BCUT2D eigenvalue weighted by molar-refractivity contribution is -0.154. The molecule has 0 radical (unpaired) electrons. The number of carbonyl (C=O) groups excluding carboxylic acids is 5. The van der Waals surface area contributed by atoms with Crippen LogP contribution in [0.4, 0.5) is 5.69 Å². The maximum absolute atomic E-state index is 12.8. The third-order valence-electron chi connectivity index (χ3n) is 6.28. The van der Waals surface area contributed by atoms with E-state index in [2.05, 4.69) is 37.2 Å². The van der Waals surface area contributed by atoms with Crippen LogP contribution in [-0.2, 0) is 23.9 Å². The van der Waals surface area contributed by atoms with Gasteiger partial charge in [-0.25, -0.2) is 0 Å². The van der Waals surface area contributed by atoms with E-state index in [1.165, 1.54) is 13.0 Å². The Labute approximate surface area is 195 Å². The van der Waals surface area contributed by atoms with Gasteiger partial charge < -0.3 is 10.1 Å². The number of hydrogen-bond donors (Lipinski definition) is 1. The molecule has 2 bridgehead atoms. The number of ether oxygens (including phenoxy) is 1. The minimum Gasteiger partial charge on any atom is -0.454 e. The second-order valence-electron chi connectivity index (χ2n) is 8.11. The first-order chi connectivity index (χ1) is 14.7. The van der Waals surface area contributed by atoms with Crippen molar-refractivity contribution in [2.75, 3.05) is 18.5 Å². The Balaban J connectivity index is 1.31. The van der Waals surface area contributed by atoms with Crippen LogP contribution in [0, 0.1) is 23.7 Å². The first-order valence-electron chi connectivity index (χ1n) is 9.89. The van der Waals surface area contributed by atoms with Crippen LogP contribution in [0.15, 0.2) is 24.3 Å². The van der Waals surface area contributed by atoms with Gasteiger partial charge in [-0.3, -0.25) is 28.9 Å². The highest BCUT2D eigenvalue weighted by Crippen LogP contribution is 2.60. The predicted octanol–water partition coefficient (Wildman–Crippen LogP) is 2.15. The molecule has 3 aliphatic rings. The van der Waals surface area contributed by atoms with Crippen molar-refractivity contribution in [1.82, 2.24) is 4.90 Å². The minimum absolute atomic E-state index is 0.0633. The molecule has 1 aliphatic heterocycles. The Kier molecular flexibility index (Phi) is 6.04. The highest BCUT2D eigenvalue weighted by Gasteiger charge is 2.66. The molecular formula is C21H20Br2N2O6. The quantitative estimate of drug-likeness (QED) is 0.249. The molecule has 6 atom stereocenters. The number of alkyl halides is 2. The number of likely N-dealkylation sites (tertiary alicyclic amines) is 1. The third-order valence-corrected chi connectivity index (χ3v) is 9.49. The van der Waals surface area contributed by atoms with Crippen molar-refractivity contribution >= 4 is 67.0 Å². The number of esters is 1. The number of amides is 3. The lowest BCUT2D eigenvalue weighted by Crippen LogP contribution is -2.38. The second kappa shape index (κ2) is 8.46. The number of fused-ring (bicyclic) bond motifs is 5. The van der Waals surface area contributed by atoms with Crippen molar-refractivity contribution in [2.24, 2.45) is 23.7 Å². The largest absolute Gasteiger partial charge is 0.454 e. The van der Waals surface area contributed by atoms with Crippen molar-refractivity contribution in [2.45, 2.75) is 23.0 Å². The van der Waals surface area contributed by atoms with Crippen molar-refractivity contribution in [3.05, 3.63) is 29.8 Å². The fourth-order valence-electron chi connectivity index (χ4n) is 4.90. The number of rotatable bonds is 6. The van der Waals surface area contributed by atoms with Gasteiger partial charge in [-0.2, -0.15) is 0 Å². The van der Waals surface area contributed by atoms with E-state index in [-0.39, 0.29) is 39.1 Å². The Morgan fingerprint density at radius 1 is 1.10 bits per heavy atom. The lowest BCUT2D eigenvalue weighted by Gasteiger charge is -2.28. The third kappa shape index (κ3) is 3.95. The molecule has 3 fully saturated rings. The summed E-state index contributed by atoms with van der Waals surface area (Å²) in [7, 11) is 0. The minimum atomic E-state index is -0.826. The number of halogens is 2. The monoisotopic (exact) mass is 554 g/mol. The van der Waals surface area contributed by atoms with E-state index < -0.39 is 36.9 Å². The van der Waals surface area contributed by atoms with Crippen LogP contribution in [0.5, 0.6) is 0 Å². The maximum Gasteiger partial charge on any atom is 0.326 e. The fraction of sp³-hybridized carbons (Fsp3) is 0.476. The van der Waals surface area contributed by atoms with Crippen molar-refractivity contribution in [3.8, 4) is 0 Å². The van der Waals surface area contributed by atoms with Crippen LogP contribution in [0.1, 0.15) is 23.7 Å². The van der Waals surface area contributed by atoms with Gasteiger partial charge in [-0.15, -0.1) is 0 Å². The van der Waals surface area contributed by atoms with Crippen molar-refractivity contribution in [3.63, 3.8) is 0 Å². The average molecular weight is 556 g/mol. The zero-order chi connectivity index (χ0) is 22.4. The van der Waals surface area contributed by atoms with Gasteiger partial charge in [-0.1, -0.05) is 44.0 Å². The molecule has 2 aliphatic carbocycles. The molecule has 164 valence electrons. The number of hydrogen-bond acceptors (Lipinski definition) is 6. The summed E-state index contributed by atoms with van der Waals surface area (Å²) < 4.78 is 4.96. The van der Waals surface area contributed by atoms with E-state index in [0.29, 0.717) is 11.3 Å². The van der Waals surface area contributed by atoms with Gasteiger partial charge in [0.25, 0.3) is 5.91 Å². The molecule has 31 heavy (non-hydrogen) atoms. The lowest BCUT2D eigenvalue weighted by atomic mass is 9.81. The summed E-state index contributed by atoms with van der Waals surface area (Å²) in [6.07, 6.45) is 0.807. The molecule has 0 aromatic heterocycles. The first-order valence-corrected chi connectivity index (χ1v) is 11.7. The number of ketones is 1. The van der Waals surface area contributed by atoms with Crippen LogP contribution in [0.25, 0.3) is 0 Å². The summed E-state index contributed by atoms with van der Waals surface area (Å²) in [6.45, 7) is 0.348. The topological polar surface area (TPSA) is 110 Å². The number of carbonyl (C=O) groups is 5. The van der Waals surface area contributed by atoms with Crippen LogP contribution >= 0.6 is 31.9 Å². The molecule has 1 heterocycles. The Hall–Kier alpha value is -2.07. The summed E-state index contributed by atoms with van der Waals surface area (Å²) in [5, 5.41) is 2.54. The zero-order valence-corrected chi connectivity index (χ0v) is 19.7. The second-order valence-corrected chi connectivity index (χ2v) is 10.2. The zero-order valence-electron chi connectivity index (χ0n) is 16.5. The molecule has 0 spiro atoms. The number of anilines is 1. The van der Waals surface area contributed by atoms with Gasteiger partial charge in [0.2, 0.25) is 11.8 Å². The van der Waals surface area contributed by atoms with Crippen LogP contribution < -0.4 is 5.32 Å². The summed E-state index contributed by atoms with van der Waals surface area (Å²) in [5.41, 5.74) is 0.840. The van der Waals surface area contributed by atoms with E-state index in [0.717, 1.165) is 11.3 Å². The molecular weight excluding hydrogens is 536 g/mol. The summed E-state index contributed by atoms with van der Waals surface area (Å²) in [5.74, 6) is -2.91. The van der Waals surface area contributed by atoms with Crippen LogP contribution in [-0.4, -0.2) is 57.2 Å². The van der Waals surface area contributed by atoms with Gasteiger partial charge >= 0.3 is 5.97 Å². The first kappa shape index (κ1) is 22.1. The van der Waals surface area contributed by atoms with E-state index in [1.54, 1.807) is 18.2 Å². The highest BCUT2D eigenvalue weighted by atomic mass is 79.9. The molecule has 8 nitrogen and oxygen atoms in total. The van der Waals surface area contributed by atoms with Gasteiger partial charge in [0.15, 0.2) is 12.4 Å². The number of nitrogens with one attached hydrogen (secondary N) is 1. The molecule has 1 aromatic rings. The Bertz CT molecular complexity index is 950. The summed E-state index contributed by atoms with van der Waals surface area (Å²) >= 11 is 7.22. The summed E-state index contributed by atoms with van der Waals surface area (Å²) in [4.78, 5) is 62.5. The molecule has 4 rings (SSSR count). The number of imide groups is 1. The molecule has 3 amide bonds. The van der Waals surface area contributed by atoms with Gasteiger partial charge in [0.1, 0.15) is 6.54 Å². The standard InChI is InChI=1S/C21H20Br2N2O6/c1-9(26)10-3-2-4-11(5-10)24-14(27)8-31-15(28)7-25-20(29)16-12-6-13(17(16)21(25)30)19(23)18(12)22/h2-5,12-13,16-19H,6-8H2,1H3,(H,24,27)/t12-,13-,16-,17+,18-,19+/m1/s1. The normalized spacial score (nSPS) is 31.0. The van der Waals surface area contributed by atoms with Gasteiger partial charge in [0, 0.05) is 20.9 Å². The SMILES string of the molecule is CC(=O)c1cccc(NC(=O)COC(=O)CN2C(=O)[C@@H]3[C@H]4C[C@@H]([C@H](Br)[C@@H]4Br)[C@@H]3C2=O)c1. The molecule has 1 saturated heterocycles. The smallest absolute Gasteiger partial charge is 0.326 e.